The van der Waals surface area contributed by atoms with Crippen molar-refractivity contribution < 1.29 is 0 Å². The fourth-order valence-corrected chi connectivity index (χ4v) is 0.825. The van der Waals surface area contributed by atoms with E-state index in [-0.39, 0.29) is 0 Å². The van der Waals surface area contributed by atoms with Crippen molar-refractivity contribution in [2.24, 2.45) is 0 Å². The van der Waals surface area contributed by atoms with Crippen molar-refractivity contribution in [3.63, 3.8) is 0 Å². The van der Waals surface area contributed by atoms with Crippen LogP contribution in [0.2, 0.25) is 0 Å². The molecule has 1 heterocycles. The highest BCUT2D eigenvalue weighted by atomic mass is 32.1. The molecule has 0 atom stereocenters. The molecule has 1 aromatic rings. The summed E-state index contributed by atoms with van der Waals surface area (Å²) < 4.78 is 7.89. The van der Waals surface area contributed by atoms with Crippen LogP contribution in [-0.4, -0.2) is 16.6 Å². The monoisotopic (exact) mass is 112 g/mol. The molecule has 0 bridgehead atoms. The number of hydrogen-bond acceptors (Lipinski definition) is 3. The van der Waals surface area contributed by atoms with Gasteiger partial charge in [-0.25, -0.2) is 0 Å². The van der Waals surface area contributed by atoms with E-state index in [0.717, 1.165) is 11.3 Å². The van der Waals surface area contributed by atoms with E-state index in [1.54, 1.807) is 0 Å². The van der Waals surface area contributed by atoms with Crippen LogP contribution in [0.5, 0.6) is 0 Å². The minimum Gasteiger partial charge on any atom is -0.189 e. The van der Waals surface area contributed by atoms with E-state index < -0.39 is 0 Å². The minimum absolute atomic E-state index is 1.05. The SMILES string of the molecule is Bc1nsnc1C. The quantitative estimate of drug-likeness (QED) is 0.406. The molecule has 0 radical (unpaired) electrons. The lowest BCUT2D eigenvalue weighted by Crippen LogP contribution is -2.05. The van der Waals surface area contributed by atoms with E-state index in [1.807, 2.05) is 14.8 Å². The Bertz CT molecular complexity index is 145. The predicted molar refractivity (Wildman–Crippen MR) is 32.8 cm³/mol. The average molecular weight is 112 g/mol. The van der Waals surface area contributed by atoms with Gasteiger partial charge in [0.25, 0.3) is 0 Å². The van der Waals surface area contributed by atoms with Crippen LogP contribution in [0.15, 0.2) is 0 Å². The second kappa shape index (κ2) is 1.62. The zero-order valence-corrected chi connectivity index (χ0v) is 5.12. The summed E-state index contributed by atoms with van der Waals surface area (Å²) in [5.41, 5.74) is 2.09. The molecule has 0 aliphatic carbocycles. The molecule has 0 spiro atoms. The van der Waals surface area contributed by atoms with Crippen LogP contribution < -0.4 is 5.59 Å². The lowest BCUT2D eigenvalue weighted by atomic mass is 10.0. The third-order valence-corrected chi connectivity index (χ3v) is 1.59. The molecule has 0 aliphatic rings. The van der Waals surface area contributed by atoms with Gasteiger partial charge in [-0.05, 0) is 6.92 Å². The molecule has 1 rings (SSSR count). The van der Waals surface area contributed by atoms with Crippen LogP contribution >= 0.6 is 11.7 Å². The van der Waals surface area contributed by atoms with Crippen molar-refractivity contribution in [2.75, 3.05) is 0 Å². The first kappa shape index (κ1) is 4.78. The van der Waals surface area contributed by atoms with Gasteiger partial charge in [0.1, 0.15) is 0 Å². The minimum atomic E-state index is 1.05. The molecule has 0 saturated heterocycles. The first-order chi connectivity index (χ1) is 3.30. The van der Waals surface area contributed by atoms with Gasteiger partial charge in [0.05, 0.1) is 17.4 Å². The molecule has 0 amide bonds. The highest BCUT2D eigenvalue weighted by Gasteiger charge is 1.91. The second-order valence-corrected chi connectivity index (χ2v) is 1.96. The van der Waals surface area contributed by atoms with Crippen LogP contribution in [0.4, 0.5) is 0 Å². The Balaban J connectivity index is 3.12. The molecule has 0 N–H and O–H groups in total. The van der Waals surface area contributed by atoms with Gasteiger partial charge in [0.2, 0.25) is 0 Å². The fraction of sp³-hybridized carbons (Fsp3) is 0.333. The van der Waals surface area contributed by atoms with E-state index in [4.69, 9.17) is 0 Å². The zero-order valence-electron chi connectivity index (χ0n) is 4.30. The molecule has 36 valence electrons. The number of hydrogen-bond donors (Lipinski definition) is 0. The Morgan fingerprint density at radius 2 is 2.29 bits per heavy atom. The maximum atomic E-state index is 3.95. The van der Waals surface area contributed by atoms with Crippen LogP contribution in [0.3, 0.4) is 0 Å². The molecular formula is C3H5BN2S. The summed E-state index contributed by atoms with van der Waals surface area (Å²) in [6.07, 6.45) is 0. The van der Waals surface area contributed by atoms with Gasteiger partial charge in [-0.2, -0.15) is 8.75 Å². The molecule has 1 aromatic heterocycles. The summed E-state index contributed by atoms with van der Waals surface area (Å²) in [6.45, 7) is 1.96. The summed E-state index contributed by atoms with van der Waals surface area (Å²) in [7, 11) is 1.96. The number of nitrogens with zero attached hydrogens (tertiary/aromatic N) is 2. The van der Waals surface area contributed by atoms with Crippen molar-refractivity contribution >= 4 is 25.2 Å². The summed E-state index contributed by atoms with van der Waals surface area (Å²) in [6, 6.07) is 0. The Morgan fingerprint density at radius 3 is 2.43 bits per heavy atom. The molecule has 7 heavy (non-hydrogen) atoms. The van der Waals surface area contributed by atoms with Gasteiger partial charge in [0.15, 0.2) is 7.85 Å². The molecular weight excluding hydrogens is 107 g/mol. The van der Waals surface area contributed by atoms with Crippen LogP contribution in [0, 0.1) is 6.92 Å². The van der Waals surface area contributed by atoms with Crippen LogP contribution in [0.1, 0.15) is 5.69 Å². The van der Waals surface area contributed by atoms with Crippen molar-refractivity contribution in [1.82, 2.24) is 8.75 Å². The summed E-state index contributed by atoms with van der Waals surface area (Å²) in [5.74, 6) is 0. The topological polar surface area (TPSA) is 25.8 Å². The largest absolute Gasteiger partial charge is 0.189 e. The van der Waals surface area contributed by atoms with E-state index in [1.165, 1.54) is 11.7 Å². The molecule has 2 nitrogen and oxygen atoms in total. The van der Waals surface area contributed by atoms with Gasteiger partial charge in [-0.3, -0.25) is 0 Å². The highest BCUT2D eigenvalue weighted by Crippen LogP contribution is 1.84. The Morgan fingerprint density at radius 1 is 1.57 bits per heavy atom. The van der Waals surface area contributed by atoms with Crippen molar-refractivity contribution in [3.8, 4) is 0 Å². The highest BCUT2D eigenvalue weighted by molar-refractivity contribution is 6.99. The number of aryl methyl sites for hydroxylation is 1. The van der Waals surface area contributed by atoms with E-state index >= 15 is 0 Å². The predicted octanol–water partition coefficient (Wildman–Crippen LogP) is -0.895. The van der Waals surface area contributed by atoms with E-state index in [9.17, 15) is 0 Å². The smallest absolute Gasteiger partial charge is 0.167 e. The molecule has 0 saturated carbocycles. The lowest BCUT2D eigenvalue weighted by Gasteiger charge is -1.75. The maximum Gasteiger partial charge on any atom is 0.167 e. The first-order valence-corrected chi connectivity index (χ1v) is 2.79. The third kappa shape index (κ3) is 0.798. The maximum absolute atomic E-state index is 3.95. The second-order valence-electron chi connectivity index (χ2n) is 1.44. The van der Waals surface area contributed by atoms with Crippen molar-refractivity contribution in [3.05, 3.63) is 5.69 Å². The first-order valence-electron chi connectivity index (χ1n) is 2.06. The molecule has 0 aromatic carbocycles. The van der Waals surface area contributed by atoms with Gasteiger partial charge >= 0.3 is 0 Å². The van der Waals surface area contributed by atoms with Crippen LogP contribution in [-0.2, 0) is 0 Å². The zero-order chi connectivity index (χ0) is 5.28. The Labute approximate surface area is 47.3 Å². The van der Waals surface area contributed by atoms with E-state index in [2.05, 4.69) is 8.75 Å². The summed E-state index contributed by atoms with van der Waals surface area (Å²) >= 11 is 1.27. The summed E-state index contributed by atoms with van der Waals surface area (Å²) in [4.78, 5) is 0. The summed E-state index contributed by atoms with van der Waals surface area (Å²) in [5, 5.41) is 0. The number of aromatic nitrogens is 2. The Kier molecular flexibility index (Phi) is 1.10. The molecule has 0 unspecified atom stereocenters. The molecule has 4 heteroatoms. The Hall–Kier alpha value is -0.375. The number of rotatable bonds is 0. The van der Waals surface area contributed by atoms with E-state index in [0.29, 0.717) is 0 Å². The average Bonchev–Trinajstić information content (AvgIpc) is 1.91. The lowest BCUT2D eigenvalue weighted by molar-refractivity contribution is 1.36. The third-order valence-electron chi connectivity index (χ3n) is 0.879. The standard InChI is InChI=1S/C3H5BN2S/c1-2-3(4)6-7-5-2/h4H2,1H3. The van der Waals surface area contributed by atoms with Gasteiger partial charge in [-0.15, -0.1) is 0 Å². The van der Waals surface area contributed by atoms with Crippen molar-refractivity contribution in [2.45, 2.75) is 6.92 Å². The molecule has 0 fully saturated rings. The van der Waals surface area contributed by atoms with Crippen molar-refractivity contribution in [1.29, 1.82) is 0 Å². The van der Waals surface area contributed by atoms with Gasteiger partial charge in [0, 0.05) is 5.59 Å². The van der Waals surface area contributed by atoms with Gasteiger partial charge in [-0.1, -0.05) is 0 Å². The normalized spacial score (nSPS) is 9.29. The van der Waals surface area contributed by atoms with Crippen LogP contribution in [0.25, 0.3) is 0 Å². The fourth-order valence-electron chi connectivity index (χ4n) is 0.275. The van der Waals surface area contributed by atoms with Gasteiger partial charge < -0.3 is 0 Å². The molecule has 0 aliphatic heterocycles.